The number of rotatable bonds is 3. The first kappa shape index (κ1) is 13.2. The highest BCUT2D eigenvalue weighted by molar-refractivity contribution is 5.41. The molecule has 1 aromatic carbocycles. The first-order valence-electron chi connectivity index (χ1n) is 6.68. The molecule has 2 atom stereocenters. The molecule has 1 aromatic rings. The van der Waals surface area contributed by atoms with Crippen molar-refractivity contribution in [2.45, 2.75) is 26.8 Å². The lowest BCUT2D eigenvalue weighted by molar-refractivity contribution is 0.132. The second-order valence-electron chi connectivity index (χ2n) is 5.48. The van der Waals surface area contributed by atoms with Gasteiger partial charge in [-0.2, -0.15) is 0 Å². The molecule has 100 valence electrons. The van der Waals surface area contributed by atoms with E-state index in [2.05, 4.69) is 18.7 Å². The fourth-order valence-electron chi connectivity index (χ4n) is 2.58. The van der Waals surface area contributed by atoms with Crippen LogP contribution in [0.1, 0.15) is 25.8 Å². The number of hydrogen-bond donors (Lipinski definition) is 1. The monoisotopic (exact) mass is 249 g/mol. The molecule has 0 spiro atoms. The zero-order valence-corrected chi connectivity index (χ0v) is 11.5. The largest absolute Gasteiger partial charge is 0.504 e. The van der Waals surface area contributed by atoms with E-state index in [4.69, 9.17) is 4.74 Å². The van der Waals surface area contributed by atoms with Gasteiger partial charge in [0.25, 0.3) is 0 Å². The van der Waals surface area contributed by atoms with Crippen molar-refractivity contribution < 1.29 is 9.84 Å². The third kappa shape index (κ3) is 2.96. The minimum atomic E-state index is 0.230. The Morgan fingerprint density at radius 3 is 2.72 bits per heavy atom. The molecule has 0 amide bonds. The van der Waals surface area contributed by atoms with Crippen molar-refractivity contribution in [3.63, 3.8) is 0 Å². The lowest BCUT2D eigenvalue weighted by Crippen LogP contribution is -2.37. The van der Waals surface area contributed by atoms with E-state index in [9.17, 15) is 5.11 Å². The molecule has 1 saturated heterocycles. The van der Waals surface area contributed by atoms with E-state index >= 15 is 0 Å². The summed E-state index contributed by atoms with van der Waals surface area (Å²) in [6, 6.07) is 5.67. The molecule has 2 rings (SSSR count). The Bertz CT molecular complexity index is 405. The Morgan fingerprint density at radius 1 is 1.33 bits per heavy atom. The maximum Gasteiger partial charge on any atom is 0.160 e. The molecular formula is C15H23NO2. The molecule has 0 aliphatic carbocycles. The van der Waals surface area contributed by atoms with Crippen molar-refractivity contribution in [2.75, 3.05) is 20.2 Å². The molecule has 1 aliphatic rings. The number of nitrogens with zero attached hydrogens (tertiary/aromatic N) is 1. The summed E-state index contributed by atoms with van der Waals surface area (Å²) in [4.78, 5) is 2.46. The predicted octanol–water partition coefficient (Wildman–Crippen LogP) is 2.88. The summed E-state index contributed by atoms with van der Waals surface area (Å²) in [7, 11) is 1.57. The number of benzene rings is 1. The molecule has 3 heteroatoms. The quantitative estimate of drug-likeness (QED) is 0.894. The molecule has 0 radical (unpaired) electrons. The SMILES string of the molecule is COc1ccc(CN2CCC(C)C(C)C2)cc1O. The minimum absolute atomic E-state index is 0.230. The van der Waals surface area contributed by atoms with Crippen LogP contribution in [0.25, 0.3) is 0 Å². The fraction of sp³-hybridized carbons (Fsp3) is 0.600. The first-order chi connectivity index (χ1) is 8.60. The van der Waals surface area contributed by atoms with Gasteiger partial charge in [-0.1, -0.05) is 19.9 Å². The summed E-state index contributed by atoms with van der Waals surface area (Å²) in [6.07, 6.45) is 1.27. The van der Waals surface area contributed by atoms with Crippen LogP contribution >= 0.6 is 0 Å². The van der Waals surface area contributed by atoms with Gasteiger partial charge in [-0.25, -0.2) is 0 Å². The summed E-state index contributed by atoms with van der Waals surface area (Å²) >= 11 is 0. The summed E-state index contributed by atoms with van der Waals surface area (Å²) in [5.74, 6) is 2.35. The molecule has 1 aliphatic heterocycles. The molecule has 3 nitrogen and oxygen atoms in total. The number of phenolic OH excluding ortho intramolecular Hbond substituents is 1. The molecule has 2 unspecified atom stereocenters. The van der Waals surface area contributed by atoms with Crippen molar-refractivity contribution in [2.24, 2.45) is 11.8 Å². The second-order valence-corrected chi connectivity index (χ2v) is 5.48. The van der Waals surface area contributed by atoms with E-state index in [0.29, 0.717) is 5.75 Å². The molecule has 18 heavy (non-hydrogen) atoms. The standard InChI is InChI=1S/C15H23NO2/c1-11-6-7-16(9-12(11)2)10-13-4-5-15(18-3)14(17)8-13/h4-5,8,11-12,17H,6-7,9-10H2,1-3H3. The van der Waals surface area contributed by atoms with Crippen LogP contribution in [0.5, 0.6) is 11.5 Å². The van der Waals surface area contributed by atoms with Gasteiger partial charge in [-0.3, -0.25) is 4.90 Å². The predicted molar refractivity (Wildman–Crippen MR) is 72.9 cm³/mol. The normalized spacial score (nSPS) is 25.1. The number of hydrogen-bond acceptors (Lipinski definition) is 3. The van der Waals surface area contributed by atoms with Gasteiger partial charge in [0.15, 0.2) is 11.5 Å². The van der Waals surface area contributed by atoms with Gasteiger partial charge in [0.2, 0.25) is 0 Å². The van der Waals surface area contributed by atoms with E-state index < -0.39 is 0 Å². The van der Waals surface area contributed by atoms with Crippen molar-refractivity contribution in [1.82, 2.24) is 4.90 Å². The highest BCUT2D eigenvalue weighted by Crippen LogP contribution is 2.28. The van der Waals surface area contributed by atoms with Crippen LogP contribution in [0.15, 0.2) is 18.2 Å². The Morgan fingerprint density at radius 2 is 2.11 bits per heavy atom. The maximum atomic E-state index is 9.77. The zero-order chi connectivity index (χ0) is 13.1. The van der Waals surface area contributed by atoms with Crippen LogP contribution in [-0.4, -0.2) is 30.2 Å². The maximum absolute atomic E-state index is 9.77. The van der Waals surface area contributed by atoms with Gasteiger partial charge in [-0.15, -0.1) is 0 Å². The average molecular weight is 249 g/mol. The van der Waals surface area contributed by atoms with Gasteiger partial charge < -0.3 is 9.84 Å². The Hall–Kier alpha value is -1.22. The molecule has 0 bridgehead atoms. The highest BCUT2D eigenvalue weighted by Gasteiger charge is 2.22. The summed E-state index contributed by atoms with van der Waals surface area (Å²) in [6.45, 7) is 7.87. The molecule has 0 aromatic heterocycles. The van der Waals surface area contributed by atoms with Crippen LogP contribution in [0, 0.1) is 11.8 Å². The third-order valence-corrected chi connectivity index (χ3v) is 4.07. The topological polar surface area (TPSA) is 32.7 Å². The van der Waals surface area contributed by atoms with E-state index in [-0.39, 0.29) is 5.75 Å². The minimum Gasteiger partial charge on any atom is -0.504 e. The Balaban J connectivity index is 1.99. The molecule has 1 N–H and O–H groups in total. The van der Waals surface area contributed by atoms with Crippen molar-refractivity contribution >= 4 is 0 Å². The third-order valence-electron chi connectivity index (χ3n) is 4.07. The van der Waals surface area contributed by atoms with E-state index in [1.54, 1.807) is 7.11 Å². The van der Waals surface area contributed by atoms with Crippen LogP contribution in [0.4, 0.5) is 0 Å². The van der Waals surface area contributed by atoms with E-state index in [1.807, 2.05) is 18.2 Å². The lowest BCUT2D eigenvalue weighted by atomic mass is 9.88. The van der Waals surface area contributed by atoms with Crippen molar-refractivity contribution in [1.29, 1.82) is 0 Å². The summed E-state index contributed by atoms with van der Waals surface area (Å²) in [5.41, 5.74) is 1.15. The lowest BCUT2D eigenvalue weighted by Gasteiger charge is -2.35. The highest BCUT2D eigenvalue weighted by atomic mass is 16.5. The van der Waals surface area contributed by atoms with Gasteiger partial charge in [0, 0.05) is 13.1 Å². The number of aromatic hydroxyl groups is 1. The van der Waals surface area contributed by atoms with Gasteiger partial charge in [0.1, 0.15) is 0 Å². The Labute approximate surface area is 109 Å². The number of likely N-dealkylation sites (tertiary alicyclic amines) is 1. The van der Waals surface area contributed by atoms with E-state index in [0.717, 1.165) is 37.0 Å². The smallest absolute Gasteiger partial charge is 0.160 e. The molecule has 1 fully saturated rings. The molecule has 0 saturated carbocycles. The van der Waals surface area contributed by atoms with Crippen molar-refractivity contribution in [3.8, 4) is 11.5 Å². The van der Waals surface area contributed by atoms with E-state index in [1.165, 1.54) is 6.42 Å². The fourth-order valence-corrected chi connectivity index (χ4v) is 2.58. The second kappa shape index (κ2) is 5.61. The molecular weight excluding hydrogens is 226 g/mol. The van der Waals surface area contributed by atoms with Crippen LogP contribution in [0.2, 0.25) is 0 Å². The van der Waals surface area contributed by atoms with Gasteiger partial charge >= 0.3 is 0 Å². The van der Waals surface area contributed by atoms with Crippen LogP contribution in [0.3, 0.4) is 0 Å². The Kier molecular flexibility index (Phi) is 4.12. The molecule has 1 heterocycles. The number of piperidine rings is 1. The van der Waals surface area contributed by atoms with Crippen molar-refractivity contribution in [3.05, 3.63) is 23.8 Å². The van der Waals surface area contributed by atoms with Crippen LogP contribution < -0.4 is 4.74 Å². The van der Waals surface area contributed by atoms with Crippen LogP contribution in [-0.2, 0) is 6.54 Å². The first-order valence-corrected chi connectivity index (χ1v) is 6.68. The number of methoxy groups -OCH3 is 1. The summed E-state index contributed by atoms with van der Waals surface area (Å²) < 4.78 is 5.06. The zero-order valence-electron chi connectivity index (χ0n) is 11.5. The number of phenols is 1. The van der Waals surface area contributed by atoms with Gasteiger partial charge in [0.05, 0.1) is 7.11 Å². The number of ether oxygens (including phenoxy) is 1. The van der Waals surface area contributed by atoms with Gasteiger partial charge in [-0.05, 0) is 42.5 Å². The average Bonchev–Trinajstić information content (AvgIpc) is 2.34. The summed E-state index contributed by atoms with van der Waals surface area (Å²) in [5, 5.41) is 9.77.